The number of amides is 1. The van der Waals surface area contributed by atoms with E-state index in [1.165, 1.54) is 44.2 Å². The lowest BCUT2D eigenvalue weighted by Gasteiger charge is -2.56. The molecule has 2 aromatic heterocycles. The number of aromatic amines is 1. The molecule has 2 N–H and O–H groups in total. The van der Waals surface area contributed by atoms with Crippen LogP contribution in [-0.2, 0) is 17.2 Å². The Morgan fingerprint density at radius 1 is 1.24 bits per heavy atom. The molecule has 1 atom stereocenters. The Hall–Kier alpha value is -2.15. The second kappa shape index (κ2) is 6.42. The molecule has 154 valence electrons. The number of H-pyrrole nitrogens is 1. The molecule has 29 heavy (non-hydrogen) atoms. The van der Waals surface area contributed by atoms with Gasteiger partial charge >= 0.3 is 0 Å². The Balaban J connectivity index is 1.22. The van der Waals surface area contributed by atoms with E-state index < -0.39 is 0 Å². The summed E-state index contributed by atoms with van der Waals surface area (Å²) in [6.45, 7) is 1.36. The van der Waals surface area contributed by atoms with Gasteiger partial charge in [0.2, 0.25) is 5.95 Å². The number of carbonyl (C=O) groups excluding carboxylic acids is 1. The molecule has 1 saturated heterocycles. The van der Waals surface area contributed by atoms with Crippen LogP contribution in [0.2, 0.25) is 0 Å². The minimum absolute atomic E-state index is 0.147. The first kappa shape index (κ1) is 17.7. The Bertz CT molecular complexity index is 904. The normalized spacial score (nSPS) is 35.3. The number of aryl methyl sites for hydroxylation is 1. The van der Waals surface area contributed by atoms with E-state index in [2.05, 4.69) is 20.4 Å². The topological polar surface area (TPSA) is 84.8 Å². The molecule has 1 amide bonds. The highest BCUT2D eigenvalue weighted by Gasteiger charge is 2.52. The van der Waals surface area contributed by atoms with Crippen LogP contribution in [-0.4, -0.2) is 38.9 Å². The van der Waals surface area contributed by atoms with E-state index in [0.29, 0.717) is 18.1 Å². The number of hydrogen-bond donors (Lipinski definition) is 2. The molecule has 4 saturated carbocycles. The summed E-state index contributed by atoms with van der Waals surface area (Å²) < 4.78 is 7.21. The summed E-state index contributed by atoms with van der Waals surface area (Å²) in [5, 5.41) is 7.52. The minimum Gasteiger partial charge on any atom is -0.381 e. The highest BCUT2D eigenvalue weighted by molar-refractivity contribution is 6.04. The monoisotopic (exact) mass is 395 g/mol. The number of hydrogen-bond acceptors (Lipinski definition) is 4. The van der Waals surface area contributed by atoms with Crippen LogP contribution in [0, 0.1) is 17.8 Å². The molecule has 7 nitrogen and oxygen atoms in total. The third-order valence-electron chi connectivity index (χ3n) is 7.84. The van der Waals surface area contributed by atoms with Crippen molar-refractivity contribution in [3.63, 3.8) is 0 Å². The molecule has 7 heteroatoms. The Kier molecular flexibility index (Phi) is 3.92. The average Bonchev–Trinajstić information content (AvgIpc) is 3.40. The number of anilines is 1. The van der Waals surface area contributed by atoms with Gasteiger partial charge in [0.25, 0.3) is 5.91 Å². The molecule has 7 rings (SSSR count). The molecule has 0 aromatic carbocycles. The summed E-state index contributed by atoms with van der Waals surface area (Å²) in [4.78, 5) is 21.0. The van der Waals surface area contributed by atoms with Crippen LogP contribution in [0.1, 0.15) is 72.6 Å². The van der Waals surface area contributed by atoms with E-state index in [0.717, 1.165) is 36.5 Å². The van der Waals surface area contributed by atoms with Crippen molar-refractivity contribution in [3.05, 3.63) is 29.3 Å². The number of imidazole rings is 1. The van der Waals surface area contributed by atoms with Crippen molar-refractivity contribution in [2.45, 2.75) is 56.3 Å². The quantitative estimate of drug-likeness (QED) is 0.831. The Labute approximate surface area is 170 Å². The first-order chi connectivity index (χ1) is 14.1. The number of ether oxygens (including phenoxy) is 1. The lowest BCUT2D eigenvalue weighted by molar-refractivity contribution is -0.00698. The maximum absolute atomic E-state index is 13.0. The van der Waals surface area contributed by atoms with Crippen molar-refractivity contribution in [1.29, 1.82) is 0 Å². The van der Waals surface area contributed by atoms with Crippen molar-refractivity contribution in [2.75, 3.05) is 18.5 Å². The van der Waals surface area contributed by atoms with Crippen LogP contribution in [0.4, 0.5) is 5.95 Å². The van der Waals surface area contributed by atoms with Gasteiger partial charge in [-0.1, -0.05) is 0 Å². The van der Waals surface area contributed by atoms with Gasteiger partial charge in [0.1, 0.15) is 0 Å². The number of carbonyl (C=O) groups is 1. The predicted molar refractivity (Wildman–Crippen MR) is 108 cm³/mol. The Morgan fingerprint density at radius 2 is 1.97 bits per heavy atom. The average molecular weight is 396 g/mol. The number of aromatic nitrogens is 4. The Morgan fingerprint density at radius 3 is 2.62 bits per heavy atom. The molecular weight excluding hydrogens is 366 g/mol. The van der Waals surface area contributed by atoms with Gasteiger partial charge in [0, 0.05) is 36.9 Å². The van der Waals surface area contributed by atoms with Crippen LogP contribution in [0.15, 0.2) is 12.4 Å². The van der Waals surface area contributed by atoms with Crippen LogP contribution in [0.5, 0.6) is 0 Å². The third-order valence-corrected chi connectivity index (χ3v) is 7.84. The smallest absolute Gasteiger partial charge is 0.261 e. The standard InChI is InChI=1S/C22H29N5O2/c1-27-11-17(19(26-27)16-2-3-29-12-16)20(28)25-21-23-10-18(24-21)22-7-13-4-14(8-22)6-15(5-13)9-22/h10-11,13-16H,2-9,12H2,1H3,(H2,23,24,25,28). The summed E-state index contributed by atoms with van der Waals surface area (Å²) in [7, 11) is 1.86. The molecule has 0 radical (unpaired) electrons. The van der Waals surface area contributed by atoms with Gasteiger partial charge in [-0.15, -0.1) is 0 Å². The zero-order valence-electron chi connectivity index (χ0n) is 17.0. The van der Waals surface area contributed by atoms with Crippen molar-refractivity contribution in [1.82, 2.24) is 19.7 Å². The van der Waals surface area contributed by atoms with E-state index in [4.69, 9.17) is 4.74 Å². The second-order valence-corrected chi connectivity index (χ2v) is 9.96. The van der Waals surface area contributed by atoms with Crippen molar-refractivity contribution in [3.8, 4) is 0 Å². The molecule has 1 unspecified atom stereocenters. The largest absolute Gasteiger partial charge is 0.381 e. The van der Waals surface area contributed by atoms with Gasteiger partial charge in [-0.2, -0.15) is 5.10 Å². The van der Waals surface area contributed by atoms with Crippen LogP contribution < -0.4 is 5.32 Å². The summed E-state index contributed by atoms with van der Waals surface area (Å²) >= 11 is 0. The summed E-state index contributed by atoms with van der Waals surface area (Å²) in [6.07, 6.45) is 12.8. The fourth-order valence-corrected chi connectivity index (χ4v) is 7.00. The summed E-state index contributed by atoms with van der Waals surface area (Å²) in [5.74, 6) is 3.25. The van der Waals surface area contributed by atoms with Crippen molar-refractivity contribution in [2.24, 2.45) is 24.8 Å². The number of rotatable bonds is 4. The van der Waals surface area contributed by atoms with Crippen LogP contribution in [0.25, 0.3) is 0 Å². The molecule has 4 bridgehead atoms. The predicted octanol–water partition coefficient (Wildman–Crippen LogP) is 3.37. The van der Waals surface area contributed by atoms with E-state index in [9.17, 15) is 4.79 Å². The molecule has 5 fully saturated rings. The number of nitrogens with one attached hydrogen (secondary N) is 2. The van der Waals surface area contributed by atoms with Gasteiger partial charge < -0.3 is 9.72 Å². The summed E-state index contributed by atoms with van der Waals surface area (Å²) in [6, 6.07) is 0. The first-order valence-electron chi connectivity index (χ1n) is 11.1. The fraction of sp³-hybridized carbons (Fsp3) is 0.682. The molecular formula is C22H29N5O2. The maximum atomic E-state index is 13.0. The zero-order valence-corrected chi connectivity index (χ0v) is 17.0. The minimum atomic E-state index is -0.147. The van der Waals surface area contributed by atoms with Crippen molar-refractivity contribution >= 4 is 11.9 Å². The van der Waals surface area contributed by atoms with Crippen molar-refractivity contribution < 1.29 is 9.53 Å². The van der Waals surface area contributed by atoms with E-state index in [-0.39, 0.29) is 17.2 Å². The second-order valence-electron chi connectivity index (χ2n) is 9.96. The molecule has 5 aliphatic rings. The van der Waals surface area contributed by atoms with E-state index in [1.807, 2.05) is 13.2 Å². The van der Waals surface area contributed by atoms with Crippen LogP contribution >= 0.6 is 0 Å². The molecule has 1 aliphatic heterocycles. The summed E-state index contributed by atoms with van der Waals surface area (Å²) in [5.41, 5.74) is 2.93. The maximum Gasteiger partial charge on any atom is 0.261 e. The lowest BCUT2D eigenvalue weighted by atomic mass is 9.49. The van der Waals surface area contributed by atoms with Gasteiger partial charge in [0.05, 0.1) is 24.1 Å². The zero-order chi connectivity index (χ0) is 19.6. The van der Waals surface area contributed by atoms with Gasteiger partial charge in [0.15, 0.2) is 0 Å². The van der Waals surface area contributed by atoms with Gasteiger partial charge in [-0.25, -0.2) is 4.98 Å². The number of nitrogens with zero attached hydrogens (tertiary/aromatic N) is 3. The SMILES string of the molecule is Cn1cc(C(=O)Nc2ncc(C34CC5CC(CC(C5)C3)C4)[nH]2)c(C2CCOC2)n1. The first-order valence-corrected chi connectivity index (χ1v) is 11.1. The molecule has 2 aromatic rings. The van der Waals surface area contributed by atoms with Gasteiger partial charge in [-0.3, -0.25) is 14.8 Å². The highest BCUT2D eigenvalue weighted by atomic mass is 16.5. The fourth-order valence-electron chi connectivity index (χ4n) is 7.00. The van der Waals surface area contributed by atoms with Crippen LogP contribution in [0.3, 0.4) is 0 Å². The van der Waals surface area contributed by atoms with E-state index in [1.54, 1.807) is 10.9 Å². The third kappa shape index (κ3) is 2.93. The van der Waals surface area contributed by atoms with E-state index >= 15 is 0 Å². The highest BCUT2D eigenvalue weighted by Crippen LogP contribution is 2.60. The lowest BCUT2D eigenvalue weighted by Crippen LogP contribution is -2.48. The van der Waals surface area contributed by atoms with Gasteiger partial charge in [-0.05, 0) is 62.7 Å². The molecule has 0 spiro atoms. The molecule has 4 aliphatic carbocycles. The molecule has 3 heterocycles.